The van der Waals surface area contributed by atoms with E-state index in [2.05, 4.69) is 32.5 Å². The molecule has 31 heavy (non-hydrogen) atoms. The van der Waals surface area contributed by atoms with E-state index in [0.717, 1.165) is 16.3 Å². The van der Waals surface area contributed by atoms with Crippen LogP contribution >= 0.6 is 11.8 Å². The zero-order valence-corrected chi connectivity index (χ0v) is 17.6. The molecule has 3 aromatic heterocycles. The molecule has 8 heteroatoms. The topological polar surface area (TPSA) is 82.8 Å². The van der Waals surface area contributed by atoms with Crippen molar-refractivity contribution in [3.63, 3.8) is 0 Å². The van der Waals surface area contributed by atoms with Crippen LogP contribution in [-0.4, -0.2) is 24.9 Å². The smallest absolute Gasteiger partial charge is 0.237 e. The predicted molar refractivity (Wildman–Crippen MR) is 117 cm³/mol. The Kier molecular flexibility index (Phi) is 5.37. The third-order valence-corrected chi connectivity index (χ3v) is 5.70. The third kappa shape index (κ3) is 4.29. The first kappa shape index (κ1) is 19.3. The van der Waals surface area contributed by atoms with Crippen molar-refractivity contribution in [2.75, 3.05) is 0 Å². The van der Waals surface area contributed by atoms with Crippen LogP contribution in [0.25, 0.3) is 23.0 Å². The van der Waals surface area contributed by atoms with Crippen molar-refractivity contribution in [1.29, 1.82) is 0 Å². The third-order valence-electron chi connectivity index (χ3n) is 4.74. The number of hydrogen-bond donors (Lipinski definition) is 0. The molecule has 7 nitrogen and oxygen atoms in total. The Labute approximate surface area is 183 Å². The Hall–Kier alpha value is -3.65. The van der Waals surface area contributed by atoms with Crippen molar-refractivity contribution >= 4 is 11.8 Å². The quantitative estimate of drug-likeness (QED) is 0.327. The number of furan rings is 1. The van der Waals surface area contributed by atoms with E-state index in [1.807, 2.05) is 66.1 Å². The van der Waals surface area contributed by atoms with Crippen molar-refractivity contribution < 1.29 is 8.94 Å². The number of aromatic nitrogens is 5. The van der Waals surface area contributed by atoms with E-state index in [-0.39, 0.29) is 0 Å². The maximum Gasteiger partial charge on any atom is 0.237 e. The minimum absolute atomic E-state index is 0.490. The summed E-state index contributed by atoms with van der Waals surface area (Å²) in [6, 6.07) is 21.9. The van der Waals surface area contributed by atoms with E-state index >= 15 is 0 Å². The van der Waals surface area contributed by atoms with E-state index in [9.17, 15) is 0 Å². The Morgan fingerprint density at radius 1 is 0.935 bits per heavy atom. The van der Waals surface area contributed by atoms with E-state index in [1.54, 1.807) is 6.26 Å². The monoisotopic (exact) mass is 429 g/mol. The van der Waals surface area contributed by atoms with Gasteiger partial charge in [-0.1, -0.05) is 77.1 Å². The molecule has 0 aliphatic carbocycles. The van der Waals surface area contributed by atoms with Gasteiger partial charge >= 0.3 is 0 Å². The summed E-state index contributed by atoms with van der Waals surface area (Å²) in [6.45, 7) is 2.68. The van der Waals surface area contributed by atoms with Crippen molar-refractivity contribution in [2.24, 2.45) is 0 Å². The van der Waals surface area contributed by atoms with Gasteiger partial charge in [-0.05, 0) is 24.6 Å². The summed E-state index contributed by atoms with van der Waals surface area (Å²) in [5.74, 6) is 2.97. The number of benzene rings is 2. The predicted octanol–water partition coefficient (Wildman–Crippen LogP) is 5.24. The molecule has 0 aliphatic rings. The van der Waals surface area contributed by atoms with Gasteiger partial charge in [-0.15, -0.1) is 10.2 Å². The summed E-state index contributed by atoms with van der Waals surface area (Å²) in [5, 5.41) is 13.6. The molecule has 0 atom stereocenters. The molecule has 0 saturated carbocycles. The van der Waals surface area contributed by atoms with Gasteiger partial charge in [0.15, 0.2) is 10.9 Å². The number of aryl methyl sites for hydroxylation is 1. The highest BCUT2D eigenvalue weighted by Crippen LogP contribution is 2.28. The van der Waals surface area contributed by atoms with Crippen LogP contribution < -0.4 is 0 Å². The summed E-state index contributed by atoms with van der Waals surface area (Å²) in [7, 11) is 0. The molecule has 5 aromatic rings. The van der Waals surface area contributed by atoms with Crippen molar-refractivity contribution in [3.8, 4) is 23.0 Å². The molecule has 2 aromatic carbocycles. The summed E-state index contributed by atoms with van der Waals surface area (Å²) in [5.41, 5.74) is 3.27. The number of rotatable bonds is 7. The molecule has 5 rings (SSSR count). The summed E-state index contributed by atoms with van der Waals surface area (Å²) < 4.78 is 13.0. The molecule has 0 saturated heterocycles. The second kappa shape index (κ2) is 8.61. The van der Waals surface area contributed by atoms with Crippen LogP contribution in [0.15, 0.2) is 87.1 Å². The lowest BCUT2D eigenvalue weighted by molar-refractivity contribution is 0.391. The van der Waals surface area contributed by atoms with Crippen LogP contribution in [-0.2, 0) is 12.3 Å². The van der Waals surface area contributed by atoms with Crippen LogP contribution in [0.3, 0.4) is 0 Å². The Bertz CT molecular complexity index is 1260. The lowest BCUT2D eigenvalue weighted by atomic mass is 10.1. The van der Waals surface area contributed by atoms with Gasteiger partial charge in [0.2, 0.25) is 17.5 Å². The normalized spacial score (nSPS) is 11.1. The highest BCUT2D eigenvalue weighted by atomic mass is 32.2. The molecular formula is C23H19N5O2S. The molecule has 0 bridgehead atoms. The summed E-state index contributed by atoms with van der Waals surface area (Å²) in [4.78, 5) is 4.52. The average Bonchev–Trinajstić information content (AvgIpc) is 3.55. The summed E-state index contributed by atoms with van der Waals surface area (Å²) in [6.07, 6.45) is 1.63. The first-order valence-corrected chi connectivity index (χ1v) is 10.8. The maximum atomic E-state index is 5.56. The molecule has 0 amide bonds. The second-order valence-electron chi connectivity index (χ2n) is 7.02. The standard InChI is InChI=1S/C23H19N5O2S/c1-16-9-11-18(12-10-16)21-24-20(30-27-21)15-31-23-26-25-22(19-8-5-13-29-19)28(23)14-17-6-3-2-4-7-17/h2-13H,14-15H2,1H3. The highest BCUT2D eigenvalue weighted by molar-refractivity contribution is 7.98. The average molecular weight is 430 g/mol. The Morgan fingerprint density at radius 2 is 1.77 bits per heavy atom. The van der Waals surface area contributed by atoms with E-state index < -0.39 is 0 Å². The first-order valence-electron chi connectivity index (χ1n) is 9.80. The van der Waals surface area contributed by atoms with Crippen LogP contribution in [0.1, 0.15) is 17.0 Å². The lowest BCUT2D eigenvalue weighted by Gasteiger charge is -2.08. The molecule has 0 radical (unpaired) electrons. The molecule has 154 valence electrons. The van der Waals surface area contributed by atoms with Crippen molar-refractivity contribution in [3.05, 3.63) is 90.0 Å². The van der Waals surface area contributed by atoms with Crippen molar-refractivity contribution in [1.82, 2.24) is 24.9 Å². The highest BCUT2D eigenvalue weighted by Gasteiger charge is 2.18. The van der Waals surface area contributed by atoms with Gasteiger partial charge in [-0.25, -0.2) is 0 Å². The van der Waals surface area contributed by atoms with Gasteiger partial charge in [0.1, 0.15) is 0 Å². The van der Waals surface area contributed by atoms with Gasteiger partial charge in [0.25, 0.3) is 0 Å². The Morgan fingerprint density at radius 3 is 2.55 bits per heavy atom. The molecule has 0 N–H and O–H groups in total. The van der Waals surface area contributed by atoms with E-state index in [1.165, 1.54) is 17.3 Å². The fourth-order valence-electron chi connectivity index (χ4n) is 3.15. The number of thioether (sulfide) groups is 1. The van der Waals surface area contributed by atoms with E-state index in [4.69, 9.17) is 8.94 Å². The van der Waals surface area contributed by atoms with Crippen molar-refractivity contribution in [2.45, 2.75) is 24.4 Å². The van der Waals surface area contributed by atoms with Crippen LogP contribution in [0.5, 0.6) is 0 Å². The first-order chi connectivity index (χ1) is 15.3. The molecular weight excluding hydrogens is 410 g/mol. The SMILES string of the molecule is Cc1ccc(-c2noc(CSc3nnc(-c4ccco4)n3Cc3ccccc3)n2)cc1. The molecule has 0 fully saturated rings. The second-order valence-corrected chi connectivity index (χ2v) is 7.96. The van der Waals surface area contributed by atoms with Gasteiger partial charge < -0.3 is 8.94 Å². The van der Waals surface area contributed by atoms with Crippen LogP contribution in [0, 0.1) is 6.92 Å². The minimum atomic E-state index is 0.490. The Balaban J connectivity index is 1.37. The number of nitrogens with zero attached hydrogens (tertiary/aromatic N) is 5. The lowest BCUT2D eigenvalue weighted by Crippen LogP contribution is -2.04. The van der Waals surface area contributed by atoms with E-state index in [0.29, 0.717) is 35.6 Å². The van der Waals surface area contributed by atoms with Gasteiger partial charge in [-0.2, -0.15) is 4.98 Å². The van der Waals surface area contributed by atoms with Crippen LogP contribution in [0.2, 0.25) is 0 Å². The largest absolute Gasteiger partial charge is 0.461 e. The molecule has 3 heterocycles. The maximum absolute atomic E-state index is 5.56. The van der Waals surface area contributed by atoms with Gasteiger partial charge in [0, 0.05) is 5.56 Å². The van der Waals surface area contributed by atoms with Gasteiger partial charge in [0.05, 0.1) is 18.6 Å². The zero-order valence-electron chi connectivity index (χ0n) is 16.8. The minimum Gasteiger partial charge on any atom is -0.461 e. The zero-order chi connectivity index (χ0) is 21.0. The van der Waals surface area contributed by atoms with Gasteiger partial charge in [-0.3, -0.25) is 4.57 Å². The fourth-order valence-corrected chi connectivity index (χ4v) is 3.93. The molecule has 0 aliphatic heterocycles. The number of hydrogen-bond acceptors (Lipinski definition) is 7. The summed E-state index contributed by atoms with van der Waals surface area (Å²) >= 11 is 1.50. The fraction of sp³-hybridized carbons (Fsp3) is 0.130. The molecule has 0 unspecified atom stereocenters. The molecule has 0 spiro atoms. The van der Waals surface area contributed by atoms with Crippen LogP contribution in [0.4, 0.5) is 0 Å².